The number of rotatable bonds is 12. The van der Waals surface area contributed by atoms with Crippen molar-refractivity contribution in [2.75, 3.05) is 0 Å². The number of carboxylic acids is 1. The molecule has 0 rings (SSSR count). The zero-order valence-electron chi connectivity index (χ0n) is 11.7. The van der Waals surface area contributed by atoms with Gasteiger partial charge < -0.3 is 5.11 Å². The highest BCUT2D eigenvalue weighted by Gasteiger charge is 1.94. The van der Waals surface area contributed by atoms with Gasteiger partial charge in [0.15, 0.2) is 0 Å². The second kappa shape index (κ2) is 14.0. The molecule has 18 heavy (non-hydrogen) atoms. The van der Waals surface area contributed by atoms with Gasteiger partial charge in [-0.3, -0.25) is 4.79 Å². The number of carbonyl (C=O) groups is 1. The minimum Gasteiger partial charge on any atom is -0.481 e. The summed E-state index contributed by atoms with van der Waals surface area (Å²) in [5, 5.41) is 8.47. The molecule has 0 bridgehead atoms. The maximum atomic E-state index is 10.3. The molecule has 0 aromatic rings. The fraction of sp³-hybridized carbons (Fsp3) is 0.688. The van der Waals surface area contributed by atoms with E-state index in [1.165, 1.54) is 32.1 Å². The lowest BCUT2D eigenvalue weighted by Crippen LogP contribution is -1.92. The molecule has 0 spiro atoms. The molecule has 2 nitrogen and oxygen atoms in total. The first kappa shape index (κ1) is 16.9. The first-order valence-electron chi connectivity index (χ1n) is 7.29. The molecule has 104 valence electrons. The molecule has 0 heterocycles. The summed E-state index contributed by atoms with van der Waals surface area (Å²) in [5.74, 6) is -0.686. The Balaban J connectivity index is 3.18. The molecule has 0 aromatic heterocycles. The standard InChI is InChI=1S/C16H28O2/c1-2-3-4-5-6-7-8-9-10-11-12-13-14-15-16(17)18/h5-6,10-11H,2-4,7-9,12-15H2,1H3,(H,17,18)/b6-5-,11-10+. The van der Waals surface area contributed by atoms with E-state index in [2.05, 4.69) is 31.2 Å². The van der Waals surface area contributed by atoms with Crippen LogP contribution >= 0.6 is 0 Å². The van der Waals surface area contributed by atoms with Crippen molar-refractivity contribution in [1.29, 1.82) is 0 Å². The second-order valence-electron chi connectivity index (χ2n) is 4.66. The Morgan fingerprint density at radius 1 is 0.833 bits per heavy atom. The molecular weight excluding hydrogens is 224 g/mol. The fourth-order valence-corrected chi connectivity index (χ4v) is 1.69. The van der Waals surface area contributed by atoms with Crippen LogP contribution in [0.4, 0.5) is 0 Å². The van der Waals surface area contributed by atoms with Crippen molar-refractivity contribution in [2.24, 2.45) is 0 Å². The smallest absolute Gasteiger partial charge is 0.303 e. The summed E-state index contributed by atoms with van der Waals surface area (Å²) in [4.78, 5) is 10.3. The van der Waals surface area contributed by atoms with Crippen molar-refractivity contribution in [1.82, 2.24) is 0 Å². The highest BCUT2D eigenvalue weighted by Crippen LogP contribution is 2.04. The van der Waals surface area contributed by atoms with E-state index in [9.17, 15) is 4.79 Å². The molecule has 0 unspecified atom stereocenters. The molecular formula is C16H28O2. The number of aliphatic carboxylic acids is 1. The third-order valence-electron chi connectivity index (χ3n) is 2.81. The molecule has 0 saturated carbocycles. The molecule has 0 saturated heterocycles. The molecule has 2 heteroatoms. The Morgan fingerprint density at radius 2 is 1.33 bits per heavy atom. The van der Waals surface area contributed by atoms with Crippen LogP contribution in [0.2, 0.25) is 0 Å². The topological polar surface area (TPSA) is 37.3 Å². The Morgan fingerprint density at radius 3 is 1.83 bits per heavy atom. The van der Waals surface area contributed by atoms with Gasteiger partial charge in [-0.15, -0.1) is 0 Å². The predicted octanol–water partition coefficient (Wildman–Crippen LogP) is 5.10. The van der Waals surface area contributed by atoms with Crippen molar-refractivity contribution >= 4 is 5.97 Å². The van der Waals surface area contributed by atoms with E-state index in [4.69, 9.17) is 5.11 Å². The lowest BCUT2D eigenvalue weighted by molar-refractivity contribution is -0.137. The minimum atomic E-state index is -0.686. The summed E-state index contributed by atoms with van der Waals surface area (Å²) >= 11 is 0. The maximum absolute atomic E-state index is 10.3. The van der Waals surface area contributed by atoms with E-state index in [0.29, 0.717) is 6.42 Å². The van der Waals surface area contributed by atoms with Crippen molar-refractivity contribution in [3.63, 3.8) is 0 Å². The van der Waals surface area contributed by atoms with Crippen LogP contribution in [0, 0.1) is 0 Å². The second-order valence-corrected chi connectivity index (χ2v) is 4.66. The zero-order chi connectivity index (χ0) is 13.5. The first-order chi connectivity index (χ1) is 8.77. The predicted molar refractivity (Wildman–Crippen MR) is 77.8 cm³/mol. The molecule has 0 atom stereocenters. The van der Waals surface area contributed by atoms with Crippen molar-refractivity contribution in [3.8, 4) is 0 Å². The van der Waals surface area contributed by atoms with Gasteiger partial charge in [0.2, 0.25) is 0 Å². The lowest BCUT2D eigenvalue weighted by atomic mass is 10.1. The number of hydrogen-bond donors (Lipinski definition) is 1. The van der Waals surface area contributed by atoms with Gasteiger partial charge in [0.1, 0.15) is 0 Å². The average Bonchev–Trinajstić information content (AvgIpc) is 2.34. The van der Waals surface area contributed by atoms with E-state index < -0.39 is 5.97 Å². The van der Waals surface area contributed by atoms with Crippen LogP contribution in [-0.2, 0) is 4.79 Å². The number of unbranched alkanes of at least 4 members (excludes halogenated alkanes) is 6. The molecule has 0 aromatic carbocycles. The van der Waals surface area contributed by atoms with Gasteiger partial charge in [-0.05, 0) is 44.9 Å². The Labute approximate surface area is 112 Å². The van der Waals surface area contributed by atoms with Gasteiger partial charge in [-0.2, -0.15) is 0 Å². The van der Waals surface area contributed by atoms with Crippen LogP contribution in [0.3, 0.4) is 0 Å². The third-order valence-corrected chi connectivity index (χ3v) is 2.81. The van der Waals surface area contributed by atoms with Crippen LogP contribution < -0.4 is 0 Å². The van der Waals surface area contributed by atoms with Gasteiger partial charge in [0.05, 0.1) is 0 Å². The van der Waals surface area contributed by atoms with E-state index in [1.807, 2.05) is 0 Å². The molecule has 1 N–H and O–H groups in total. The largest absolute Gasteiger partial charge is 0.481 e. The van der Waals surface area contributed by atoms with Crippen molar-refractivity contribution in [2.45, 2.75) is 71.1 Å². The van der Waals surface area contributed by atoms with E-state index in [1.54, 1.807) is 0 Å². The molecule has 0 aliphatic heterocycles. The number of allylic oxidation sites excluding steroid dienone is 4. The fourth-order valence-electron chi connectivity index (χ4n) is 1.69. The molecule has 0 aliphatic carbocycles. The van der Waals surface area contributed by atoms with E-state index in [0.717, 1.165) is 25.7 Å². The summed E-state index contributed by atoms with van der Waals surface area (Å²) in [6.45, 7) is 2.22. The monoisotopic (exact) mass is 252 g/mol. The van der Waals surface area contributed by atoms with Gasteiger partial charge in [0.25, 0.3) is 0 Å². The van der Waals surface area contributed by atoms with Gasteiger partial charge in [0, 0.05) is 6.42 Å². The van der Waals surface area contributed by atoms with Crippen molar-refractivity contribution < 1.29 is 9.90 Å². The summed E-state index contributed by atoms with van der Waals surface area (Å²) in [5.41, 5.74) is 0. The molecule has 0 radical (unpaired) electrons. The van der Waals surface area contributed by atoms with Crippen LogP contribution in [0.15, 0.2) is 24.3 Å². The molecule has 0 fully saturated rings. The highest BCUT2D eigenvalue weighted by molar-refractivity contribution is 5.66. The average molecular weight is 252 g/mol. The third kappa shape index (κ3) is 14.9. The highest BCUT2D eigenvalue weighted by atomic mass is 16.4. The Kier molecular flexibility index (Phi) is 13.2. The van der Waals surface area contributed by atoms with Crippen molar-refractivity contribution in [3.05, 3.63) is 24.3 Å². The first-order valence-corrected chi connectivity index (χ1v) is 7.29. The van der Waals surface area contributed by atoms with Crippen LogP contribution in [0.5, 0.6) is 0 Å². The van der Waals surface area contributed by atoms with E-state index in [-0.39, 0.29) is 0 Å². The Hall–Kier alpha value is -1.05. The normalized spacial score (nSPS) is 11.6. The lowest BCUT2D eigenvalue weighted by Gasteiger charge is -1.94. The number of hydrogen-bond acceptors (Lipinski definition) is 1. The van der Waals surface area contributed by atoms with Crippen LogP contribution in [0.1, 0.15) is 71.1 Å². The van der Waals surface area contributed by atoms with Gasteiger partial charge >= 0.3 is 5.97 Å². The summed E-state index contributed by atoms with van der Waals surface area (Å²) in [7, 11) is 0. The van der Waals surface area contributed by atoms with Crippen LogP contribution in [-0.4, -0.2) is 11.1 Å². The molecule has 0 aliphatic rings. The minimum absolute atomic E-state index is 0.302. The maximum Gasteiger partial charge on any atom is 0.303 e. The van der Waals surface area contributed by atoms with E-state index >= 15 is 0 Å². The summed E-state index contributed by atoms with van der Waals surface area (Å²) in [6.07, 6.45) is 19.4. The molecule has 0 amide bonds. The van der Waals surface area contributed by atoms with Gasteiger partial charge in [-0.25, -0.2) is 0 Å². The SMILES string of the molecule is CCCC/C=C\CCC/C=C/CCCCC(=O)O. The quantitative estimate of drug-likeness (QED) is 0.387. The van der Waals surface area contributed by atoms with Crippen LogP contribution in [0.25, 0.3) is 0 Å². The summed E-state index contributed by atoms with van der Waals surface area (Å²) < 4.78 is 0. The van der Waals surface area contributed by atoms with Gasteiger partial charge in [-0.1, -0.05) is 44.1 Å². The number of carboxylic acid groups (broad SMARTS) is 1. The zero-order valence-corrected chi connectivity index (χ0v) is 11.7. The summed E-state index contributed by atoms with van der Waals surface area (Å²) in [6, 6.07) is 0. The Bertz CT molecular complexity index is 241.